The Hall–Kier alpha value is -2.49. The number of aryl methyl sites for hydroxylation is 3. The fourth-order valence-corrected chi connectivity index (χ4v) is 2.53. The van der Waals surface area contributed by atoms with E-state index >= 15 is 0 Å². The SMILES string of the molecule is CCc1cccc(C)c1NC(=O)NCCCOc1ccccc1C. The van der Waals surface area contributed by atoms with Gasteiger partial charge in [-0.2, -0.15) is 0 Å². The molecule has 0 aliphatic heterocycles. The van der Waals surface area contributed by atoms with Crippen molar-refractivity contribution < 1.29 is 9.53 Å². The van der Waals surface area contributed by atoms with Gasteiger partial charge in [0, 0.05) is 12.2 Å². The summed E-state index contributed by atoms with van der Waals surface area (Å²) >= 11 is 0. The van der Waals surface area contributed by atoms with Crippen LogP contribution in [0.5, 0.6) is 5.75 Å². The molecule has 24 heavy (non-hydrogen) atoms. The summed E-state index contributed by atoms with van der Waals surface area (Å²) < 4.78 is 5.72. The lowest BCUT2D eigenvalue weighted by Crippen LogP contribution is -2.31. The first-order chi connectivity index (χ1) is 11.6. The van der Waals surface area contributed by atoms with Crippen molar-refractivity contribution >= 4 is 11.7 Å². The number of para-hydroxylation sites is 2. The van der Waals surface area contributed by atoms with Crippen LogP contribution in [0.15, 0.2) is 42.5 Å². The lowest BCUT2D eigenvalue weighted by atomic mass is 10.1. The van der Waals surface area contributed by atoms with Gasteiger partial charge in [-0.3, -0.25) is 0 Å². The van der Waals surface area contributed by atoms with Gasteiger partial charge in [0.15, 0.2) is 0 Å². The number of amides is 2. The van der Waals surface area contributed by atoms with E-state index in [1.807, 2.05) is 56.3 Å². The van der Waals surface area contributed by atoms with Crippen LogP contribution in [-0.4, -0.2) is 19.2 Å². The van der Waals surface area contributed by atoms with Crippen LogP contribution in [0.25, 0.3) is 0 Å². The summed E-state index contributed by atoms with van der Waals surface area (Å²) in [5.41, 5.74) is 4.25. The average Bonchev–Trinajstić information content (AvgIpc) is 2.58. The van der Waals surface area contributed by atoms with E-state index in [4.69, 9.17) is 4.74 Å². The fourth-order valence-electron chi connectivity index (χ4n) is 2.53. The molecular formula is C20H26N2O2. The van der Waals surface area contributed by atoms with E-state index in [2.05, 4.69) is 17.6 Å². The zero-order valence-electron chi connectivity index (χ0n) is 14.7. The number of nitrogens with one attached hydrogen (secondary N) is 2. The van der Waals surface area contributed by atoms with Crippen molar-refractivity contribution in [3.8, 4) is 5.75 Å². The summed E-state index contributed by atoms with van der Waals surface area (Å²) in [5, 5.41) is 5.84. The van der Waals surface area contributed by atoms with Gasteiger partial charge in [-0.05, 0) is 49.4 Å². The van der Waals surface area contributed by atoms with Gasteiger partial charge in [0.25, 0.3) is 0 Å². The number of hydrogen-bond acceptors (Lipinski definition) is 2. The first kappa shape index (κ1) is 17.9. The number of benzene rings is 2. The lowest BCUT2D eigenvalue weighted by molar-refractivity contribution is 0.250. The highest BCUT2D eigenvalue weighted by Crippen LogP contribution is 2.20. The Morgan fingerprint density at radius 3 is 2.54 bits per heavy atom. The molecule has 2 N–H and O–H groups in total. The maximum absolute atomic E-state index is 12.1. The number of rotatable bonds is 7. The molecule has 2 rings (SSSR count). The molecule has 0 unspecified atom stereocenters. The molecule has 0 saturated heterocycles. The third-order valence-corrected chi connectivity index (χ3v) is 3.94. The topological polar surface area (TPSA) is 50.4 Å². The largest absolute Gasteiger partial charge is 0.493 e. The number of urea groups is 1. The predicted molar refractivity (Wildman–Crippen MR) is 98.9 cm³/mol. The van der Waals surface area contributed by atoms with E-state index in [9.17, 15) is 4.79 Å². The molecule has 0 aliphatic rings. The van der Waals surface area contributed by atoms with E-state index in [-0.39, 0.29) is 6.03 Å². The molecule has 4 heteroatoms. The van der Waals surface area contributed by atoms with Crippen LogP contribution in [0.4, 0.5) is 10.5 Å². The maximum atomic E-state index is 12.1. The average molecular weight is 326 g/mol. The van der Waals surface area contributed by atoms with Crippen molar-refractivity contribution in [3.63, 3.8) is 0 Å². The molecular weight excluding hydrogens is 300 g/mol. The van der Waals surface area contributed by atoms with E-state index in [1.54, 1.807) is 0 Å². The predicted octanol–water partition coefficient (Wildman–Crippen LogP) is 4.46. The van der Waals surface area contributed by atoms with Crippen molar-refractivity contribution in [1.82, 2.24) is 5.32 Å². The Bertz CT molecular complexity index is 683. The van der Waals surface area contributed by atoms with Crippen LogP contribution in [0.1, 0.15) is 30.0 Å². The number of carbonyl (C=O) groups is 1. The van der Waals surface area contributed by atoms with Crippen LogP contribution in [0.3, 0.4) is 0 Å². The molecule has 2 aromatic carbocycles. The van der Waals surface area contributed by atoms with E-state index in [1.165, 1.54) is 0 Å². The Morgan fingerprint density at radius 1 is 1.04 bits per heavy atom. The van der Waals surface area contributed by atoms with Gasteiger partial charge < -0.3 is 15.4 Å². The maximum Gasteiger partial charge on any atom is 0.319 e. The molecule has 0 aliphatic carbocycles. The molecule has 128 valence electrons. The summed E-state index contributed by atoms with van der Waals surface area (Å²) in [4.78, 5) is 12.1. The third-order valence-electron chi connectivity index (χ3n) is 3.94. The van der Waals surface area contributed by atoms with Crippen LogP contribution in [0.2, 0.25) is 0 Å². The monoisotopic (exact) mass is 326 g/mol. The molecule has 0 bridgehead atoms. The second kappa shape index (κ2) is 8.96. The highest BCUT2D eigenvalue weighted by molar-refractivity contribution is 5.91. The Balaban J connectivity index is 1.73. The molecule has 0 saturated carbocycles. The minimum Gasteiger partial charge on any atom is -0.493 e. The van der Waals surface area contributed by atoms with Crippen molar-refractivity contribution in [1.29, 1.82) is 0 Å². The van der Waals surface area contributed by atoms with Gasteiger partial charge in [0.05, 0.1) is 6.61 Å². The summed E-state index contributed by atoms with van der Waals surface area (Å²) in [6.07, 6.45) is 1.65. The fraction of sp³-hybridized carbons (Fsp3) is 0.350. The smallest absolute Gasteiger partial charge is 0.319 e. The molecule has 4 nitrogen and oxygen atoms in total. The van der Waals surface area contributed by atoms with Gasteiger partial charge in [-0.1, -0.05) is 43.3 Å². The van der Waals surface area contributed by atoms with Gasteiger partial charge in [0.2, 0.25) is 0 Å². The van der Waals surface area contributed by atoms with Crippen LogP contribution >= 0.6 is 0 Å². The van der Waals surface area contributed by atoms with Crippen molar-refractivity contribution in [2.75, 3.05) is 18.5 Å². The van der Waals surface area contributed by atoms with Gasteiger partial charge in [-0.15, -0.1) is 0 Å². The molecule has 0 heterocycles. The molecule has 0 aromatic heterocycles. The molecule has 0 radical (unpaired) electrons. The second-order valence-electron chi connectivity index (χ2n) is 5.81. The number of hydrogen-bond donors (Lipinski definition) is 2. The Labute approximate surface area is 144 Å². The standard InChI is InChI=1S/C20H26N2O2/c1-4-17-11-7-10-16(3)19(17)22-20(23)21-13-8-14-24-18-12-6-5-9-15(18)2/h5-7,9-12H,4,8,13-14H2,1-3H3,(H2,21,22,23). The summed E-state index contributed by atoms with van der Waals surface area (Å²) in [6, 6.07) is 13.8. The molecule has 2 aromatic rings. The second-order valence-corrected chi connectivity index (χ2v) is 5.81. The van der Waals surface area contributed by atoms with Crippen LogP contribution in [0, 0.1) is 13.8 Å². The van der Waals surface area contributed by atoms with Crippen LogP contribution in [-0.2, 0) is 6.42 Å². The number of anilines is 1. The first-order valence-electron chi connectivity index (χ1n) is 8.43. The highest BCUT2D eigenvalue weighted by atomic mass is 16.5. The lowest BCUT2D eigenvalue weighted by Gasteiger charge is -2.14. The third kappa shape index (κ3) is 5.01. The zero-order valence-corrected chi connectivity index (χ0v) is 14.7. The normalized spacial score (nSPS) is 10.3. The Morgan fingerprint density at radius 2 is 1.79 bits per heavy atom. The molecule has 0 spiro atoms. The number of ether oxygens (including phenoxy) is 1. The number of carbonyl (C=O) groups excluding carboxylic acids is 1. The van der Waals surface area contributed by atoms with Gasteiger partial charge in [0.1, 0.15) is 5.75 Å². The van der Waals surface area contributed by atoms with Crippen LogP contribution < -0.4 is 15.4 Å². The molecule has 2 amide bonds. The minimum absolute atomic E-state index is 0.171. The van der Waals surface area contributed by atoms with E-state index in [0.29, 0.717) is 13.2 Å². The zero-order chi connectivity index (χ0) is 17.4. The minimum atomic E-state index is -0.171. The van der Waals surface area contributed by atoms with E-state index in [0.717, 1.165) is 41.0 Å². The summed E-state index contributed by atoms with van der Waals surface area (Å²) in [6.45, 7) is 7.26. The van der Waals surface area contributed by atoms with Crippen molar-refractivity contribution in [2.45, 2.75) is 33.6 Å². The summed E-state index contributed by atoms with van der Waals surface area (Å²) in [5.74, 6) is 0.898. The highest BCUT2D eigenvalue weighted by Gasteiger charge is 2.07. The van der Waals surface area contributed by atoms with E-state index < -0.39 is 0 Å². The Kier molecular flexibility index (Phi) is 6.67. The van der Waals surface area contributed by atoms with Gasteiger partial charge >= 0.3 is 6.03 Å². The quantitative estimate of drug-likeness (QED) is 0.738. The van der Waals surface area contributed by atoms with Gasteiger partial charge in [-0.25, -0.2) is 4.79 Å². The summed E-state index contributed by atoms with van der Waals surface area (Å²) in [7, 11) is 0. The molecule has 0 atom stereocenters. The molecule has 0 fully saturated rings. The van der Waals surface area contributed by atoms with Crippen molar-refractivity contribution in [2.24, 2.45) is 0 Å². The first-order valence-corrected chi connectivity index (χ1v) is 8.43. The van der Waals surface area contributed by atoms with Crippen molar-refractivity contribution in [3.05, 3.63) is 59.2 Å².